The molecule has 1 heterocycles. The van der Waals surface area contributed by atoms with Crippen LogP contribution in [-0.4, -0.2) is 43.5 Å². The van der Waals surface area contributed by atoms with E-state index < -0.39 is 5.82 Å². The fourth-order valence-corrected chi connectivity index (χ4v) is 3.04. The molecule has 6 heteroatoms. The number of amides is 1. The Labute approximate surface area is 129 Å². The SMILES string of the molecule is CCN1CCC(NC(=O)CNC)C1c1ccc(Cl)c(F)c1. The van der Waals surface area contributed by atoms with Crippen LogP contribution in [0.25, 0.3) is 0 Å². The number of rotatable bonds is 5. The minimum absolute atomic E-state index is 0.00799. The van der Waals surface area contributed by atoms with Crippen LogP contribution in [0.5, 0.6) is 0 Å². The summed E-state index contributed by atoms with van der Waals surface area (Å²) < 4.78 is 13.7. The molecule has 2 rings (SSSR count). The highest BCUT2D eigenvalue weighted by Gasteiger charge is 2.35. The van der Waals surface area contributed by atoms with Crippen molar-refractivity contribution in [3.8, 4) is 0 Å². The zero-order valence-electron chi connectivity index (χ0n) is 12.3. The van der Waals surface area contributed by atoms with Crippen molar-refractivity contribution >= 4 is 17.5 Å². The molecule has 1 saturated heterocycles. The van der Waals surface area contributed by atoms with E-state index in [4.69, 9.17) is 11.6 Å². The van der Waals surface area contributed by atoms with Crippen LogP contribution < -0.4 is 10.6 Å². The van der Waals surface area contributed by atoms with Gasteiger partial charge in [-0.3, -0.25) is 9.69 Å². The normalized spacial score (nSPS) is 22.5. The van der Waals surface area contributed by atoms with Crippen molar-refractivity contribution in [2.75, 3.05) is 26.7 Å². The van der Waals surface area contributed by atoms with Gasteiger partial charge in [0, 0.05) is 12.6 Å². The topological polar surface area (TPSA) is 44.4 Å². The summed E-state index contributed by atoms with van der Waals surface area (Å²) in [4.78, 5) is 14.0. The molecule has 1 aromatic carbocycles. The molecule has 2 atom stereocenters. The monoisotopic (exact) mass is 313 g/mol. The smallest absolute Gasteiger partial charge is 0.234 e. The first kappa shape index (κ1) is 16.2. The third kappa shape index (κ3) is 3.73. The number of benzene rings is 1. The van der Waals surface area contributed by atoms with Crippen molar-refractivity contribution in [2.45, 2.75) is 25.4 Å². The average Bonchev–Trinajstić information content (AvgIpc) is 2.85. The molecular formula is C15H21ClFN3O. The van der Waals surface area contributed by atoms with Gasteiger partial charge < -0.3 is 10.6 Å². The minimum Gasteiger partial charge on any atom is -0.350 e. The maximum atomic E-state index is 13.7. The lowest BCUT2D eigenvalue weighted by Gasteiger charge is -2.28. The van der Waals surface area contributed by atoms with Gasteiger partial charge in [-0.2, -0.15) is 0 Å². The number of nitrogens with zero attached hydrogens (tertiary/aromatic N) is 1. The molecule has 0 bridgehead atoms. The van der Waals surface area contributed by atoms with Crippen molar-refractivity contribution in [1.29, 1.82) is 0 Å². The van der Waals surface area contributed by atoms with Crippen molar-refractivity contribution < 1.29 is 9.18 Å². The third-order valence-electron chi connectivity index (χ3n) is 3.88. The molecule has 21 heavy (non-hydrogen) atoms. The number of halogens is 2. The summed E-state index contributed by atoms with van der Waals surface area (Å²) in [7, 11) is 1.73. The number of hydrogen-bond acceptors (Lipinski definition) is 3. The molecule has 0 aromatic heterocycles. The summed E-state index contributed by atoms with van der Waals surface area (Å²) in [6.45, 7) is 4.09. The highest BCUT2D eigenvalue weighted by Crippen LogP contribution is 2.33. The Balaban J connectivity index is 2.21. The molecule has 0 radical (unpaired) electrons. The van der Waals surface area contributed by atoms with Gasteiger partial charge in [0.05, 0.1) is 17.6 Å². The Morgan fingerprint density at radius 2 is 2.29 bits per heavy atom. The van der Waals surface area contributed by atoms with Crippen molar-refractivity contribution in [3.63, 3.8) is 0 Å². The van der Waals surface area contributed by atoms with Gasteiger partial charge in [-0.15, -0.1) is 0 Å². The molecule has 0 aliphatic carbocycles. The molecule has 0 spiro atoms. The van der Waals surface area contributed by atoms with Gasteiger partial charge in [0.2, 0.25) is 5.91 Å². The van der Waals surface area contributed by atoms with Gasteiger partial charge in [0.15, 0.2) is 0 Å². The number of hydrogen-bond donors (Lipinski definition) is 2. The molecular weight excluding hydrogens is 293 g/mol. The molecule has 2 unspecified atom stereocenters. The lowest BCUT2D eigenvalue weighted by atomic mass is 9.99. The summed E-state index contributed by atoms with van der Waals surface area (Å²) >= 11 is 5.75. The van der Waals surface area contributed by atoms with E-state index in [0.717, 1.165) is 25.1 Å². The van der Waals surface area contributed by atoms with E-state index in [1.807, 2.05) is 6.07 Å². The molecule has 0 saturated carbocycles. The van der Waals surface area contributed by atoms with Crippen LogP contribution in [0.4, 0.5) is 4.39 Å². The fraction of sp³-hybridized carbons (Fsp3) is 0.533. The van der Waals surface area contributed by atoms with Crippen molar-refractivity contribution in [1.82, 2.24) is 15.5 Å². The van der Waals surface area contributed by atoms with Crippen LogP contribution in [0.2, 0.25) is 5.02 Å². The Morgan fingerprint density at radius 1 is 1.52 bits per heavy atom. The largest absolute Gasteiger partial charge is 0.350 e. The first-order valence-corrected chi connectivity index (χ1v) is 7.57. The van der Waals surface area contributed by atoms with Gasteiger partial charge in [0.1, 0.15) is 5.82 Å². The van der Waals surface area contributed by atoms with E-state index in [2.05, 4.69) is 22.5 Å². The van der Waals surface area contributed by atoms with Gasteiger partial charge >= 0.3 is 0 Å². The molecule has 116 valence electrons. The van der Waals surface area contributed by atoms with Gasteiger partial charge in [-0.05, 0) is 37.7 Å². The standard InChI is InChI=1S/C15H21ClFN3O/c1-3-20-7-6-13(19-14(21)9-18-2)15(20)10-4-5-11(16)12(17)8-10/h4-5,8,13,15,18H,3,6-7,9H2,1-2H3,(H,19,21). The van der Waals surface area contributed by atoms with Crippen LogP contribution in [0, 0.1) is 5.82 Å². The summed E-state index contributed by atoms with van der Waals surface area (Å²) in [6, 6.07) is 4.86. The fourth-order valence-electron chi connectivity index (χ4n) is 2.92. The highest BCUT2D eigenvalue weighted by molar-refractivity contribution is 6.30. The molecule has 1 aromatic rings. The summed E-state index contributed by atoms with van der Waals surface area (Å²) in [5, 5.41) is 5.98. The average molecular weight is 314 g/mol. The van der Waals surface area contributed by atoms with Crippen molar-refractivity contribution in [3.05, 3.63) is 34.6 Å². The Hall–Kier alpha value is -1.17. The van der Waals surface area contributed by atoms with E-state index in [0.29, 0.717) is 0 Å². The molecule has 2 N–H and O–H groups in total. The third-order valence-corrected chi connectivity index (χ3v) is 4.18. The zero-order valence-corrected chi connectivity index (χ0v) is 13.1. The van der Waals surface area contributed by atoms with Crippen molar-refractivity contribution in [2.24, 2.45) is 0 Å². The lowest BCUT2D eigenvalue weighted by Crippen LogP contribution is -2.42. The summed E-state index contributed by atoms with van der Waals surface area (Å²) in [6.07, 6.45) is 0.859. The Bertz CT molecular complexity index is 512. The van der Waals surface area contributed by atoms with E-state index in [9.17, 15) is 9.18 Å². The van der Waals surface area contributed by atoms with Crippen LogP contribution in [-0.2, 0) is 4.79 Å². The number of carbonyl (C=O) groups excluding carboxylic acids is 1. The molecule has 1 aliphatic heterocycles. The maximum absolute atomic E-state index is 13.7. The quantitative estimate of drug-likeness (QED) is 0.873. The summed E-state index contributed by atoms with van der Waals surface area (Å²) in [5.41, 5.74) is 0.853. The second-order valence-electron chi connectivity index (χ2n) is 5.24. The molecule has 1 aliphatic rings. The first-order valence-electron chi connectivity index (χ1n) is 7.19. The predicted molar refractivity (Wildman–Crippen MR) is 81.9 cm³/mol. The highest BCUT2D eigenvalue weighted by atomic mass is 35.5. The van der Waals surface area contributed by atoms with Crippen LogP contribution >= 0.6 is 11.6 Å². The summed E-state index contributed by atoms with van der Waals surface area (Å²) in [5.74, 6) is -0.461. The molecule has 1 fully saturated rings. The second kappa shape index (κ2) is 7.20. The predicted octanol–water partition coefficient (Wildman–Crippen LogP) is 1.95. The van der Waals surface area contributed by atoms with Gasteiger partial charge in [-0.1, -0.05) is 24.6 Å². The van der Waals surface area contributed by atoms with Gasteiger partial charge in [0.25, 0.3) is 0 Å². The Kier molecular flexibility index (Phi) is 5.56. The lowest BCUT2D eigenvalue weighted by molar-refractivity contribution is -0.121. The number of likely N-dealkylation sites (tertiary alicyclic amines) is 1. The van der Waals surface area contributed by atoms with E-state index in [1.54, 1.807) is 13.1 Å². The van der Waals surface area contributed by atoms with Crippen LogP contribution in [0.1, 0.15) is 24.9 Å². The molecule has 4 nitrogen and oxygen atoms in total. The Morgan fingerprint density at radius 3 is 2.90 bits per heavy atom. The number of nitrogens with one attached hydrogen (secondary N) is 2. The van der Waals surface area contributed by atoms with E-state index in [1.165, 1.54) is 6.07 Å². The van der Waals surface area contributed by atoms with E-state index in [-0.39, 0.29) is 29.6 Å². The van der Waals surface area contributed by atoms with Crippen LogP contribution in [0.3, 0.4) is 0 Å². The second-order valence-corrected chi connectivity index (χ2v) is 5.65. The van der Waals surface area contributed by atoms with E-state index >= 15 is 0 Å². The maximum Gasteiger partial charge on any atom is 0.234 e. The van der Waals surface area contributed by atoms with Crippen LogP contribution in [0.15, 0.2) is 18.2 Å². The van der Waals surface area contributed by atoms with Gasteiger partial charge in [-0.25, -0.2) is 4.39 Å². The first-order chi connectivity index (χ1) is 10.1. The zero-order chi connectivity index (χ0) is 15.4. The minimum atomic E-state index is -0.419. The number of carbonyl (C=O) groups is 1. The number of likely N-dealkylation sites (N-methyl/N-ethyl adjacent to an activating group) is 2. The molecule has 1 amide bonds.